The molecule has 108 valence electrons. The van der Waals surface area contributed by atoms with Gasteiger partial charge in [-0.05, 0) is 36.6 Å². The number of aryl methyl sites for hydroxylation is 1. The Balaban J connectivity index is 1.87. The van der Waals surface area contributed by atoms with E-state index in [1.165, 1.54) is 5.56 Å². The lowest BCUT2D eigenvalue weighted by molar-refractivity contribution is -0.119. The SMILES string of the molecule is O=C1CCc2ccccc2N1CC1(CS)CCOCC1. The van der Waals surface area contributed by atoms with Crippen LogP contribution in [0.15, 0.2) is 24.3 Å². The molecule has 0 radical (unpaired) electrons. The smallest absolute Gasteiger partial charge is 0.227 e. The summed E-state index contributed by atoms with van der Waals surface area (Å²) in [6.45, 7) is 2.34. The first-order chi connectivity index (χ1) is 9.74. The second-order valence-corrected chi connectivity index (χ2v) is 6.20. The van der Waals surface area contributed by atoms with E-state index in [1.54, 1.807) is 0 Å². The van der Waals surface area contributed by atoms with Crippen LogP contribution < -0.4 is 4.90 Å². The molecule has 1 fully saturated rings. The molecule has 1 amide bonds. The Morgan fingerprint density at radius 2 is 1.95 bits per heavy atom. The summed E-state index contributed by atoms with van der Waals surface area (Å²) >= 11 is 4.56. The molecule has 1 saturated heterocycles. The Hall–Kier alpha value is -1.00. The molecule has 0 atom stereocenters. The second-order valence-electron chi connectivity index (χ2n) is 5.88. The number of para-hydroxylation sites is 1. The third kappa shape index (κ3) is 2.59. The lowest BCUT2D eigenvalue weighted by Crippen LogP contribution is -2.47. The van der Waals surface area contributed by atoms with Crippen molar-refractivity contribution in [1.82, 2.24) is 0 Å². The van der Waals surface area contributed by atoms with Gasteiger partial charge >= 0.3 is 0 Å². The molecule has 3 nitrogen and oxygen atoms in total. The third-order valence-corrected chi connectivity index (χ3v) is 5.24. The van der Waals surface area contributed by atoms with Crippen LogP contribution in [-0.4, -0.2) is 31.4 Å². The number of ether oxygens (including phenoxy) is 1. The number of carbonyl (C=O) groups excluding carboxylic acids is 1. The van der Waals surface area contributed by atoms with E-state index in [-0.39, 0.29) is 11.3 Å². The Morgan fingerprint density at radius 3 is 2.70 bits per heavy atom. The van der Waals surface area contributed by atoms with E-state index in [1.807, 2.05) is 11.0 Å². The molecule has 3 rings (SSSR count). The second kappa shape index (κ2) is 5.78. The van der Waals surface area contributed by atoms with Crippen LogP contribution in [0, 0.1) is 5.41 Å². The predicted octanol–water partition coefficient (Wildman–Crippen LogP) is 2.69. The van der Waals surface area contributed by atoms with Crippen molar-refractivity contribution in [2.45, 2.75) is 25.7 Å². The summed E-state index contributed by atoms with van der Waals surface area (Å²) in [6, 6.07) is 8.27. The largest absolute Gasteiger partial charge is 0.381 e. The standard InChI is InChI=1S/C16H21NO2S/c18-15-6-5-13-3-1-2-4-14(13)17(15)11-16(12-20)7-9-19-10-8-16/h1-4,20H,5-12H2. The molecule has 2 aliphatic heterocycles. The van der Waals surface area contributed by atoms with Gasteiger partial charge in [-0.15, -0.1) is 0 Å². The number of fused-ring (bicyclic) bond motifs is 1. The molecular weight excluding hydrogens is 270 g/mol. The normalized spacial score (nSPS) is 21.6. The van der Waals surface area contributed by atoms with Crippen LogP contribution in [0.4, 0.5) is 5.69 Å². The molecule has 1 aromatic rings. The maximum absolute atomic E-state index is 12.4. The maximum Gasteiger partial charge on any atom is 0.227 e. The van der Waals surface area contributed by atoms with Crippen LogP contribution in [0.2, 0.25) is 0 Å². The molecule has 0 unspecified atom stereocenters. The Kier molecular flexibility index (Phi) is 4.03. The van der Waals surface area contributed by atoms with Crippen molar-refractivity contribution < 1.29 is 9.53 Å². The zero-order valence-electron chi connectivity index (χ0n) is 11.7. The van der Waals surface area contributed by atoms with Gasteiger partial charge in [-0.25, -0.2) is 0 Å². The molecule has 1 aromatic carbocycles. The molecule has 0 spiro atoms. The fourth-order valence-corrected chi connectivity index (χ4v) is 3.59. The summed E-state index contributed by atoms with van der Waals surface area (Å²) in [6.07, 6.45) is 3.46. The Labute approximate surface area is 125 Å². The first-order valence-corrected chi connectivity index (χ1v) is 7.94. The number of rotatable bonds is 3. The number of hydrogen-bond donors (Lipinski definition) is 1. The summed E-state index contributed by atoms with van der Waals surface area (Å²) in [5, 5.41) is 0. The van der Waals surface area contributed by atoms with Gasteiger partial charge in [0.15, 0.2) is 0 Å². The topological polar surface area (TPSA) is 29.5 Å². The van der Waals surface area contributed by atoms with Crippen molar-refractivity contribution in [3.05, 3.63) is 29.8 Å². The molecule has 4 heteroatoms. The van der Waals surface area contributed by atoms with E-state index in [9.17, 15) is 4.79 Å². The number of hydrogen-bond acceptors (Lipinski definition) is 3. The van der Waals surface area contributed by atoms with Gasteiger partial charge in [-0.3, -0.25) is 4.79 Å². The van der Waals surface area contributed by atoms with Gasteiger partial charge in [0.05, 0.1) is 0 Å². The molecule has 2 heterocycles. The van der Waals surface area contributed by atoms with Crippen LogP contribution in [0.25, 0.3) is 0 Å². The van der Waals surface area contributed by atoms with Crippen molar-refractivity contribution in [2.75, 3.05) is 30.4 Å². The fourth-order valence-electron chi connectivity index (χ4n) is 3.18. The minimum absolute atomic E-state index is 0.0987. The molecule has 0 aliphatic carbocycles. The predicted molar refractivity (Wildman–Crippen MR) is 83.5 cm³/mol. The van der Waals surface area contributed by atoms with Gasteiger partial charge in [0.1, 0.15) is 0 Å². The van der Waals surface area contributed by atoms with Crippen molar-refractivity contribution in [1.29, 1.82) is 0 Å². The van der Waals surface area contributed by atoms with E-state index in [0.717, 1.165) is 50.5 Å². The van der Waals surface area contributed by atoms with E-state index in [0.29, 0.717) is 6.42 Å². The van der Waals surface area contributed by atoms with Crippen LogP contribution in [0.3, 0.4) is 0 Å². The van der Waals surface area contributed by atoms with Crippen molar-refractivity contribution in [3.8, 4) is 0 Å². The van der Waals surface area contributed by atoms with Gasteiger partial charge in [-0.2, -0.15) is 12.6 Å². The summed E-state index contributed by atoms with van der Waals surface area (Å²) in [5.41, 5.74) is 2.48. The lowest BCUT2D eigenvalue weighted by atomic mass is 9.81. The Morgan fingerprint density at radius 1 is 1.20 bits per heavy atom. The highest BCUT2D eigenvalue weighted by Crippen LogP contribution is 2.36. The molecule has 0 aromatic heterocycles. The highest BCUT2D eigenvalue weighted by Gasteiger charge is 2.36. The van der Waals surface area contributed by atoms with Crippen LogP contribution in [0.1, 0.15) is 24.8 Å². The maximum atomic E-state index is 12.4. The van der Waals surface area contributed by atoms with Gasteiger partial charge in [0.2, 0.25) is 5.91 Å². The molecule has 2 aliphatic rings. The highest BCUT2D eigenvalue weighted by molar-refractivity contribution is 7.80. The number of nitrogens with zero attached hydrogens (tertiary/aromatic N) is 1. The first-order valence-electron chi connectivity index (χ1n) is 7.31. The molecule has 20 heavy (non-hydrogen) atoms. The van der Waals surface area contributed by atoms with Crippen molar-refractivity contribution in [2.24, 2.45) is 5.41 Å². The van der Waals surface area contributed by atoms with Crippen molar-refractivity contribution >= 4 is 24.2 Å². The molecular formula is C16H21NO2S. The zero-order valence-corrected chi connectivity index (χ0v) is 12.6. The number of amides is 1. The van der Waals surface area contributed by atoms with E-state index in [2.05, 4.69) is 30.8 Å². The average molecular weight is 291 g/mol. The number of thiol groups is 1. The van der Waals surface area contributed by atoms with Crippen LogP contribution in [0.5, 0.6) is 0 Å². The summed E-state index contributed by atoms with van der Waals surface area (Å²) < 4.78 is 5.47. The number of anilines is 1. The summed E-state index contributed by atoms with van der Waals surface area (Å²) in [5.74, 6) is 1.05. The summed E-state index contributed by atoms with van der Waals surface area (Å²) in [7, 11) is 0. The van der Waals surface area contributed by atoms with Gasteiger partial charge < -0.3 is 9.64 Å². The minimum Gasteiger partial charge on any atom is -0.381 e. The number of benzene rings is 1. The zero-order chi connectivity index (χ0) is 14.0. The van der Waals surface area contributed by atoms with Gasteiger partial charge in [-0.1, -0.05) is 18.2 Å². The summed E-state index contributed by atoms with van der Waals surface area (Å²) in [4.78, 5) is 14.3. The van der Waals surface area contributed by atoms with Crippen LogP contribution in [-0.2, 0) is 16.0 Å². The van der Waals surface area contributed by atoms with Crippen molar-refractivity contribution in [3.63, 3.8) is 0 Å². The van der Waals surface area contributed by atoms with E-state index in [4.69, 9.17) is 4.74 Å². The third-order valence-electron chi connectivity index (χ3n) is 4.57. The van der Waals surface area contributed by atoms with Crippen LogP contribution >= 0.6 is 12.6 Å². The first kappa shape index (κ1) is 14.0. The van der Waals surface area contributed by atoms with Gasteiger partial charge in [0, 0.05) is 37.3 Å². The van der Waals surface area contributed by atoms with E-state index >= 15 is 0 Å². The average Bonchev–Trinajstić information content (AvgIpc) is 2.51. The molecule has 0 bridgehead atoms. The quantitative estimate of drug-likeness (QED) is 0.868. The fraction of sp³-hybridized carbons (Fsp3) is 0.562. The minimum atomic E-state index is 0.0987. The Bertz CT molecular complexity index is 497. The monoisotopic (exact) mass is 291 g/mol. The van der Waals surface area contributed by atoms with E-state index < -0.39 is 0 Å². The number of carbonyl (C=O) groups is 1. The lowest BCUT2D eigenvalue weighted by Gasteiger charge is -2.41. The molecule has 0 N–H and O–H groups in total. The van der Waals surface area contributed by atoms with Gasteiger partial charge in [0.25, 0.3) is 0 Å². The molecule has 0 saturated carbocycles. The highest BCUT2D eigenvalue weighted by atomic mass is 32.1.